The predicted octanol–water partition coefficient (Wildman–Crippen LogP) is 2.86. The normalized spacial score (nSPS) is 11.2. The van der Waals surface area contributed by atoms with Crippen LogP contribution in [0.25, 0.3) is 0 Å². The van der Waals surface area contributed by atoms with Crippen LogP contribution in [0.3, 0.4) is 0 Å². The van der Waals surface area contributed by atoms with E-state index in [0.29, 0.717) is 17.5 Å². The number of alkyl halides is 3. The highest BCUT2D eigenvalue weighted by atomic mass is 19.4. The van der Waals surface area contributed by atoms with E-state index >= 15 is 0 Å². The van der Waals surface area contributed by atoms with Gasteiger partial charge < -0.3 is 9.47 Å². The van der Waals surface area contributed by atoms with Gasteiger partial charge in [-0.05, 0) is 23.6 Å². The molecule has 0 N–H and O–H groups in total. The monoisotopic (exact) mass is 262 g/mol. The van der Waals surface area contributed by atoms with E-state index in [-0.39, 0.29) is 12.2 Å². The number of ether oxygens (including phenoxy) is 2. The molecular weight excluding hydrogens is 249 g/mol. The summed E-state index contributed by atoms with van der Waals surface area (Å²) < 4.78 is 45.0. The second-order valence-electron chi connectivity index (χ2n) is 3.55. The molecule has 1 rings (SSSR count). The summed E-state index contributed by atoms with van der Waals surface area (Å²) in [5.74, 6) is -0.778. The average molecular weight is 262 g/mol. The molecule has 6 heteroatoms. The Labute approximate surface area is 103 Å². The molecule has 1 aromatic rings. The fraction of sp³-hybridized carbons (Fsp3) is 0.417. The summed E-state index contributed by atoms with van der Waals surface area (Å²) >= 11 is 0. The Morgan fingerprint density at radius 2 is 2.00 bits per heavy atom. The van der Waals surface area contributed by atoms with E-state index in [2.05, 4.69) is 9.47 Å². The van der Waals surface area contributed by atoms with Gasteiger partial charge in [0.2, 0.25) is 0 Å². The Kier molecular flexibility index (Phi) is 4.58. The summed E-state index contributed by atoms with van der Waals surface area (Å²) in [6.45, 7) is 1.69. The number of hydrogen-bond donors (Lipinski definition) is 0. The van der Waals surface area contributed by atoms with Gasteiger partial charge in [-0.15, -0.1) is 13.2 Å². The molecule has 0 saturated carbocycles. The third kappa shape index (κ3) is 3.94. The van der Waals surface area contributed by atoms with Gasteiger partial charge >= 0.3 is 12.3 Å². The fourth-order valence-corrected chi connectivity index (χ4v) is 1.63. The molecule has 18 heavy (non-hydrogen) atoms. The second-order valence-corrected chi connectivity index (χ2v) is 3.55. The summed E-state index contributed by atoms with van der Waals surface area (Å²) in [5.41, 5.74) is 0.839. The minimum atomic E-state index is -4.74. The summed E-state index contributed by atoms with van der Waals surface area (Å²) in [7, 11) is 1.23. The van der Waals surface area contributed by atoms with Crippen molar-refractivity contribution in [2.24, 2.45) is 0 Å². The zero-order chi connectivity index (χ0) is 13.8. The first kappa shape index (κ1) is 14.3. The van der Waals surface area contributed by atoms with Gasteiger partial charge in [0, 0.05) is 0 Å². The highest BCUT2D eigenvalue weighted by Gasteiger charge is 2.32. The second kappa shape index (κ2) is 5.75. The largest absolute Gasteiger partial charge is 0.573 e. The van der Waals surface area contributed by atoms with Gasteiger partial charge in [-0.2, -0.15) is 0 Å². The molecular formula is C12H13F3O3. The summed E-state index contributed by atoms with van der Waals surface area (Å²) in [4.78, 5) is 11.2. The summed E-state index contributed by atoms with van der Waals surface area (Å²) in [5, 5.41) is 0. The van der Waals surface area contributed by atoms with Crippen LogP contribution in [-0.4, -0.2) is 19.4 Å². The molecule has 0 unspecified atom stereocenters. The maximum absolute atomic E-state index is 12.2. The molecule has 0 fully saturated rings. The highest BCUT2D eigenvalue weighted by Crippen LogP contribution is 2.29. The van der Waals surface area contributed by atoms with Crippen LogP contribution in [0.2, 0.25) is 0 Å². The van der Waals surface area contributed by atoms with Crippen molar-refractivity contribution < 1.29 is 27.4 Å². The molecule has 0 amide bonds. The standard InChI is InChI=1S/C12H13F3O3/c1-3-9-8(7-11(16)17-2)5-4-6-10(9)18-12(13,14)15/h4-6H,3,7H2,1-2H3. The molecule has 0 aliphatic heterocycles. The van der Waals surface area contributed by atoms with Crippen LogP contribution in [0.4, 0.5) is 13.2 Å². The van der Waals surface area contributed by atoms with Crippen LogP contribution >= 0.6 is 0 Å². The third-order valence-electron chi connectivity index (χ3n) is 2.37. The number of rotatable bonds is 4. The van der Waals surface area contributed by atoms with E-state index in [0.717, 1.165) is 0 Å². The number of benzene rings is 1. The Bertz CT molecular complexity index is 427. The summed E-state index contributed by atoms with van der Waals surface area (Å²) in [6.07, 6.45) is -4.49. The molecule has 0 radical (unpaired) electrons. The average Bonchev–Trinajstić information content (AvgIpc) is 2.27. The van der Waals surface area contributed by atoms with E-state index in [9.17, 15) is 18.0 Å². The molecule has 0 aliphatic carbocycles. The van der Waals surface area contributed by atoms with Crippen molar-refractivity contribution in [3.8, 4) is 5.75 Å². The van der Waals surface area contributed by atoms with Gasteiger partial charge in [0.25, 0.3) is 0 Å². The zero-order valence-corrected chi connectivity index (χ0v) is 10.0. The van der Waals surface area contributed by atoms with Crippen LogP contribution in [0.5, 0.6) is 5.75 Å². The lowest BCUT2D eigenvalue weighted by molar-refractivity contribution is -0.274. The first-order valence-electron chi connectivity index (χ1n) is 5.30. The van der Waals surface area contributed by atoms with E-state index < -0.39 is 12.3 Å². The van der Waals surface area contributed by atoms with Crippen molar-refractivity contribution >= 4 is 5.97 Å². The first-order valence-corrected chi connectivity index (χ1v) is 5.30. The van der Waals surface area contributed by atoms with Gasteiger partial charge in [-0.1, -0.05) is 19.1 Å². The van der Waals surface area contributed by atoms with Gasteiger partial charge in [0.05, 0.1) is 13.5 Å². The smallest absolute Gasteiger partial charge is 0.469 e. The maximum atomic E-state index is 12.2. The molecule has 0 bridgehead atoms. The molecule has 100 valence electrons. The number of carbonyl (C=O) groups is 1. The Morgan fingerprint density at radius 3 is 2.50 bits per heavy atom. The highest BCUT2D eigenvalue weighted by molar-refractivity contribution is 5.73. The molecule has 0 aromatic heterocycles. The molecule has 3 nitrogen and oxygen atoms in total. The molecule has 0 spiro atoms. The SMILES string of the molecule is CCc1c(CC(=O)OC)cccc1OC(F)(F)F. The Morgan fingerprint density at radius 1 is 1.33 bits per heavy atom. The predicted molar refractivity (Wildman–Crippen MR) is 58.2 cm³/mol. The lowest BCUT2D eigenvalue weighted by Crippen LogP contribution is -2.19. The Balaban J connectivity index is 3.06. The number of hydrogen-bond acceptors (Lipinski definition) is 3. The molecule has 0 saturated heterocycles. The van der Waals surface area contributed by atoms with Crippen molar-refractivity contribution in [2.75, 3.05) is 7.11 Å². The lowest BCUT2D eigenvalue weighted by Gasteiger charge is -2.15. The Hall–Kier alpha value is -1.72. The van der Waals surface area contributed by atoms with Crippen LogP contribution in [0, 0.1) is 0 Å². The summed E-state index contributed by atoms with van der Waals surface area (Å²) in [6, 6.07) is 4.23. The van der Waals surface area contributed by atoms with Crippen LogP contribution in [-0.2, 0) is 22.4 Å². The fourth-order valence-electron chi connectivity index (χ4n) is 1.63. The minimum absolute atomic E-state index is 0.0747. The van der Waals surface area contributed by atoms with Crippen LogP contribution in [0.1, 0.15) is 18.1 Å². The van der Waals surface area contributed by atoms with Gasteiger partial charge in [0.1, 0.15) is 5.75 Å². The van der Waals surface area contributed by atoms with E-state index in [1.807, 2.05) is 0 Å². The number of esters is 1. The van der Waals surface area contributed by atoms with Crippen molar-refractivity contribution in [1.29, 1.82) is 0 Å². The quantitative estimate of drug-likeness (QED) is 0.783. The molecule has 0 heterocycles. The van der Waals surface area contributed by atoms with Crippen molar-refractivity contribution in [3.05, 3.63) is 29.3 Å². The van der Waals surface area contributed by atoms with Crippen molar-refractivity contribution in [2.45, 2.75) is 26.1 Å². The molecule has 0 aliphatic rings. The van der Waals surface area contributed by atoms with E-state index in [4.69, 9.17) is 0 Å². The number of halogens is 3. The topological polar surface area (TPSA) is 35.5 Å². The van der Waals surface area contributed by atoms with Gasteiger partial charge in [0.15, 0.2) is 0 Å². The molecule has 0 atom stereocenters. The van der Waals surface area contributed by atoms with Gasteiger partial charge in [-0.25, -0.2) is 0 Å². The first-order chi connectivity index (χ1) is 8.37. The minimum Gasteiger partial charge on any atom is -0.469 e. The van der Waals surface area contributed by atoms with Crippen molar-refractivity contribution in [1.82, 2.24) is 0 Å². The number of carbonyl (C=O) groups excluding carboxylic acids is 1. The van der Waals surface area contributed by atoms with Crippen LogP contribution in [0.15, 0.2) is 18.2 Å². The number of methoxy groups -OCH3 is 1. The van der Waals surface area contributed by atoms with E-state index in [1.54, 1.807) is 13.0 Å². The van der Waals surface area contributed by atoms with E-state index in [1.165, 1.54) is 19.2 Å². The van der Waals surface area contributed by atoms with Crippen molar-refractivity contribution in [3.63, 3.8) is 0 Å². The zero-order valence-electron chi connectivity index (χ0n) is 10.0. The van der Waals surface area contributed by atoms with Gasteiger partial charge in [-0.3, -0.25) is 4.79 Å². The lowest BCUT2D eigenvalue weighted by atomic mass is 10.0. The maximum Gasteiger partial charge on any atom is 0.573 e. The molecule has 1 aromatic carbocycles. The third-order valence-corrected chi connectivity index (χ3v) is 2.37. The van der Waals surface area contributed by atoms with Crippen LogP contribution < -0.4 is 4.74 Å².